The summed E-state index contributed by atoms with van der Waals surface area (Å²) in [6, 6.07) is 0. The van der Waals surface area contributed by atoms with Gasteiger partial charge in [-0.2, -0.15) is 0 Å². The maximum absolute atomic E-state index is 11.6. The Morgan fingerprint density at radius 1 is 1.30 bits per heavy atom. The van der Waals surface area contributed by atoms with E-state index in [-0.39, 0.29) is 0 Å². The van der Waals surface area contributed by atoms with Crippen molar-refractivity contribution >= 4 is 21.4 Å². The van der Waals surface area contributed by atoms with Gasteiger partial charge in [0.05, 0.1) is 17.0 Å². The highest BCUT2D eigenvalue weighted by Gasteiger charge is 2.27. The molecule has 2 fully saturated rings. The molecule has 0 atom stereocenters. The van der Waals surface area contributed by atoms with Crippen molar-refractivity contribution in [1.82, 2.24) is 14.2 Å². The number of thiazole rings is 1. The van der Waals surface area contributed by atoms with E-state index in [9.17, 15) is 8.42 Å². The van der Waals surface area contributed by atoms with Gasteiger partial charge in [0.2, 0.25) is 10.0 Å². The summed E-state index contributed by atoms with van der Waals surface area (Å²) < 4.78 is 24.8. The van der Waals surface area contributed by atoms with Gasteiger partial charge in [0.15, 0.2) is 0 Å². The van der Waals surface area contributed by atoms with Crippen LogP contribution in [0.15, 0.2) is 5.38 Å². The number of rotatable bonds is 4. The van der Waals surface area contributed by atoms with Gasteiger partial charge in [0.1, 0.15) is 0 Å². The van der Waals surface area contributed by atoms with E-state index < -0.39 is 10.0 Å². The third kappa shape index (κ3) is 3.58. The first-order chi connectivity index (χ1) is 9.52. The van der Waals surface area contributed by atoms with E-state index in [1.165, 1.54) is 24.1 Å². The van der Waals surface area contributed by atoms with Gasteiger partial charge in [-0.05, 0) is 25.8 Å². The number of hydrogen-bond acceptors (Lipinski definition) is 5. The number of hydrogen-bond donors (Lipinski definition) is 0. The molecule has 7 heteroatoms. The molecule has 0 aromatic carbocycles. The van der Waals surface area contributed by atoms with Crippen LogP contribution in [0.1, 0.15) is 35.9 Å². The lowest BCUT2D eigenvalue weighted by Crippen LogP contribution is -2.34. The van der Waals surface area contributed by atoms with Gasteiger partial charge in [0.25, 0.3) is 0 Å². The van der Waals surface area contributed by atoms with Crippen LogP contribution >= 0.6 is 11.3 Å². The molecule has 0 bridgehead atoms. The monoisotopic (exact) mass is 315 g/mol. The summed E-state index contributed by atoms with van der Waals surface area (Å²) in [6.45, 7) is 3.82. The van der Waals surface area contributed by atoms with Gasteiger partial charge in [-0.15, -0.1) is 11.3 Å². The minimum Gasteiger partial charge on any atom is -0.296 e. The summed E-state index contributed by atoms with van der Waals surface area (Å²) >= 11 is 1.77. The molecule has 0 unspecified atom stereocenters. The van der Waals surface area contributed by atoms with Crippen LogP contribution in [0.25, 0.3) is 0 Å². The molecular weight excluding hydrogens is 294 g/mol. The first kappa shape index (κ1) is 14.4. The lowest BCUT2D eigenvalue weighted by molar-refractivity contribution is 0.276. The molecule has 3 rings (SSSR count). The zero-order valence-electron chi connectivity index (χ0n) is 11.8. The summed E-state index contributed by atoms with van der Waals surface area (Å²) in [7, 11) is -3.05. The predicted molar refractivity (Wildman–Crippen MR) is 80.4 cm³/mol. The highest BCUT2D eigenvalue weighted by Crippen LogP contribution is 2.41. The van der Waals surface area contributed by atoms with Crippen LogP contribution in [0, 0.1) is 0 Å². The topological polar surface area (TPSA) is 53.5 Å². The lowest BCUT2D eigenvalue weighted by atomic mass is 10.3. The Hall–Kier alpha value is -0.500. The van der Waals surface area contributed by atoms with Crippen LogP contribution in [0.4, 0.5) is 0 Å². The Labute approximate surface area is 124 Å². The highest BCUT2D eigenvalue weighted by molar-refractivity contribution is 7.88. The van der Waals surface area contributed by atoms with Crippen molar-refractivity contribution in [2.75, 3.05) is 32.4 Å². The van der Waals surface area contributed by atoms with E-state index in [0.29, 0.717) is 13.1 Å². The average molecular weight is 315 g/mol. The smallest absolute Gasteiger partial charge is 0.211 e. The van der Waals surface area contributed by atoms with E-state index in [2.05, 4.69) is 10.3 Å². The molecule has 0 amide bonds. The van der Waals surface area contributed by atoms with Crippen LogP contribution in [-0.2, 0) is 16.6 Å². The Balaban J connectivity index is 1.57. The molecule has 112 valence electrons. The minimum atomic E-state index is -3.05. The molecule has 20 heavy (non-hydrogen) atoms. The van der Waals surface area contributed by atoms with E-state index in [4.69, 9.17) is 4.98 Å². The third-order valence-corrected chi connectivity index (χ3v) is 6.26. The van der Waals surface area contributed by atoms with Crippen molar-refractivity contribution in [1.29, 1.82) is 0 Å². The summed E-state index contributed by atoms with van der Waals surface area (Å²) in [5.74, 6) is 0.721. The standard InChI is InChI=1S/C13H21N3O2S2/c1-20(17,18)16-6-2-5-15(7-8-16)9-12-10-19-13(14-12)11-3-4-11/h10-11H,2-9H2,1H3. The van der Waals surface area contributed by atoms with Crippen LogP contribution in [0.5, 0.6) is 0 Å². The minimum absolute atomic E-state index is 0.596. The van der Waals surface area contributed by atoms with Crippen molar-refractivity contribution in [3.63, 3.8) is 0 Å². The lowest BCUT2D eigenvalue weighted by Gasteiger charge is -2.19. The summed E-state index contributed by atoms with van der Waals surface area (Å²) in [5.41, 5.74) is 1.14. The molecule has 0 N–H and O–H groups in total. The third-order valence-electron chi connectivity index (χ3n) is 3.90. The van der Waals surface area contributed by atoms with Crippen molar-refractivity contribution in [3.05, 3.63) is 16.1 Å². The molecule has 1 aromatic heterocycles. The van der Waals surface area contributed by atoms with Gasteiger partial charge < -0.3 is 0 Å². The van der Waals surface area contributed by atoms with Crippen LogP contribution in [0.2, 0.25) is 0 Å². The van der Waals surface area contributed by atoms with Gasteiger partial charge in [-0.3, -0.25) is 4.90 Å². The van der Waals surface area contributed by atoms with E-state index >= 15 is 0 Å². The maximum atomic E-state index is 11.6. The average Bonchev–Trinajstić information content (AvgIpc) is 3.15. The quantitative estimate of drug-likeness (QED) is 0.845. The Morgan fingerprint density at radius 3 is 2.80 bits per heavy atom. The van der Waals surface area contributed by atoms with Gasteiger partial charge in [-0.1, -0.05) is 0 Å². The van der Waals surface area contributed by atoms with Crippen molar-refractivity contribution in [2.24, 2.45) is 0 Å². The van der Waals surface area contributed by atoms with Crippen molar-refractivity contribution in [3.8, 4) is 0 Å². The summed E-state index contributed by atoms with van der Waals surface area (Å²) in [5, 5.41) is 3.44. The molecule has 2 aliphatic rings. The largest absolute Gasteiger partial charge is 0.296 e. The molecule has 1 aliphatic heterocycles. The SMILES string of the molecule is CS(=O)(=O)N1CCCN(Cc2csc(C3CC3)n2)CC1. The second kappa shape index (κ2) is 5.71. The molecule has 0 spiro atoms. The molecule has 1 aliphatic carbocycles. The Bertz CT molecular complexity index is 566. The summed E-state index contributed by atoms with van der Waals surface area (Å²) in [4.78, 5) is 7.03. The molecule has 1 saturated heterocycles. The molecular formula is C13H21N3O2S2. The summed E-state index contributed by atoms with van der Waals surface area (Å²) in [6.07, 6.45) is 4.78. The highest BCUT2D eigenvalue weighted by atomic mass is 32.2. The fourth-order valence-electron chi connectivity index (χ4n) is 2.58. The number of sulfonamides is 1. The van der Waals surface area contributed by atoms with Gasteiger partial charge >= 0.3 is 0 Å². The second-order valence-electron chi connectivity index (χ2n) is 5.74. The van der Waals surface area contributed by atoms with E-state index in [1.54, 1.807) is 15.6 Å². The molecule has 2 heterocycles. The van der Waals surface area contributed by atoms with Crippen LogP contribution in [-0.4, -0.2) is 55.0 Å². The van der Waals surface area contributed by atoms with E-state index in [0.717, 1.165) is 37.7 Å². The molecule has 1 aromatic rings. The first-order valence-corrected chi connectivity index (χ1v) is 9.87. The molecule has 1 saturated carbocycles. The van der Waals surface area contributed by atoms with E-state index in [1.807, 2.05) is 0 Å². The zero-order valence-corrected chi connectivity index (χ0v) is 13.4. The fourth-order valence-corrected chi connectivity index (χ4v) is 4.44. The number of nitrogens with zero attached hydrogens (tertiary/aromatic N) is 3. The van der Waals surface area contributed by atoms with Crippen molar-refractivity contribution < 1.29 is 8.42 Å². The van der Waals surface area contributed by atoms with Crippen LogP contribution in [0.3, 0.4) is 0 Å². The zero-order chi connectivity index (χ0) is 14.2. The normalized spacial score (nSPS) is 22.9. The number of aromatic nitrogens is 1. The second-order valence-corrected chi connectivity index (χ2v) is 8.62. The molecule has 0 radical (unpaired) electrons. The first-order valence-electron chi connectivity index (χ1n) is 7.14. The fraction of sp³-hybridized carbons (Fsp3) is 0.769. The van der Waals surface area contributed by atoms with Crippen molar-refractivity contribution in [2.45, 2.75) is 31.7 Å². The maximum Gasteiger partial charge on any atom is 0.211 e. The molecule has 5 nitrogen and oxygen atoms in total. The van der Waals surface area contributed by atoms with Gasteiger partial charge in [0, 0.05) is 37.5 Å². The Morgan fingerprint density at radius 2 is 2.10 bits per heavy atom. The van der Waals surface area contributed by atoms with Gasteiger partial charge in [-0.25, -0.2) is 17.7 Å². The Kier molecular flexibility index (Phi) is 4.12. The predicted octanol–water partition coefficient (Wildman–Crippen LogP) is 1.49. The van der Waals surface area contributed by atoms with Crippen LogP contribution < -0.4 is 0 Å².